The van der Waals surface area contributed by atoms with Gasteiger partial charge in [0.15, 0.2) is 0 Å². The second-order valence-corrected chi connectivity index (χ2v) is 12.9. The van der Waals surface area contributed by atoms with Gasteiger partial charge in [0.2, 0.25) is 0 Å². The van der Waals surface area contributed by atoms with Crippen molar-refractivity contribution in [2.24, 2.45) is 0 Å². The molecule has 0 radical (unpaired) electrons. The number of hydrogen-bond donors (Lipinski definition) is 0. The fourth-order valence-electron chi connectivity index (χ4n) is 5.09. The van der Waals surface area contributed by atoms with Gasteiger partial charge in [0.1, 0.15) is 0 Å². The van der Waals surface area contributed by atoms with Crippen LogP contribution in [-0.4, -0.2) is 14.5 Å². The highest BCUT2D eigenvalue weighted by Crippen LogP contribution is 2.40. The van der Waals surface area contributed by atoms with E-state index in [4.69, 9.17) is 3.79 Å². The molecule has 0 aliphatic carbocycles. The van der Waals surface area contributed by atoms with Crippen LogP contribution in [0.5, 0.6) is 5.75 Å². The van der Waals surface area contributed by atoms with Crippen LogP contribution in [0.15, 0.2) is 78.9 Å². The smallest absolute Gasteiger partial charge is 0.546 e. The van der Waals surface area contributed by atoms with Crippen LogP contribution in [0.4, 0.5) is 0 Å². The zero-order chi connectivity index (χ0) is 25.3. The summed E-state index contributed by atoms with van der Waals surface area (Å²) >= 11 is -1.38. The molecular formula is C34H47AlO. The number of benzene rings is 3. The molecule has 36 heavy (non-hydrogen) atoms. The van der Waals surface area contributed by atoms with Crippen LogP contribution in [0.25, 0.3) is 22.3 Å². The maximum atomic E-state index is 7.18. The lowest BCUT2D eigenvalue weighted by molar-refractivity contribution is 0.543. The predicted molar refractivity (Wildman–Crippen MR) is 160 cm³/mol. The van der Waals surface area contributed by atoms with Gasteiger partial charge in [-0.3, -0.25) is 0 Å². The Balaban J connectivity index is 1.80. The summed E-state index contributed by atoms with van der Waals surface area (Å²) in [5.41, 5.74) is 4.97. The third-order valence-corrected chi connectivity index (χ3v) is 9.90. The molecule has 3 aromatic rings. The quantitative estimate of drug-likeness (QED) is 0.125. The summed E-state index contributed by atoms with van der Waals surface area (Å²) < 4.78 is 7.18. The standard InChI is InChI=1S/C18H14O.2C8H17.Al/c19-18-16(14-8-3-1-4-9-14)12-7-13-17(18)15-10-5-2-6-11-15;2*1-3-5-7-8-6-4-2;/h1-13,19H;2*1,3-8H2,2H3;/q;;;+1/p-1. The maximum Gasteiger partial charge on any atom is 0.546 e. The van der Waals surface area contributed by atoms with Gasteiger partial charge in [0, 0.05) is 11.1 Å². The molecule has 0 fully saturated rings. The molecule has 3 aromatic carbocycles. The van der Waals surface area contributed by atoms with Crippen molar-refractivity contribution in [3.63, 3.8) is 0 Å². The lowest BCUT2D eigenvalue weighted by Crippen LogP contribution is -2.22. The summed E-state index contributed by atoms with van der Waals surface area (Å²) in [6.07, 6.45) is 16.3. The molecule has 2 heteroatoms. The summed E-state index contributed by atoms with van der Waals surface area (Å²) in [7, 11) is 0. The third-order valence-electron chi connectivity index (χ3n) is 7.23. The Labute approximate surface area is 226 Å². The highest BCUT2D eigenvalue weighted by atomic mass is 27.2. The zero-order valence-corrected chi connectivity index (χ0v) is 24.0. The predicted octanol–water partition coefficient (Wildman–Crippen LogP) is 11.1. The lowest BCUT2D eigenvalue weighted by atomic mass is 9.97. The third kappa shape index (κ3) is 9.80. The molecule has 0 saturated heterocycles. The number of unbranched alkanes of at least 4 members (excludes halogenated alkanes) is 10. The van der Waals surface area contributed by atoms with Crippen molar-refractivity contribution in [2.45, 2.75) is 101 Å². The second-order valence-electron chi connectivity index (χ2n) is 10.3. The average Bonchev–Trinajstić information content (AvgIpc) is 2.93. The Hall–Kier alpha value is -2.01. The van der Waals surface area contributed by atoms with Gasteiger partial charge < -0.3 is 3.79 Å². The van der Waals surface area contributed by atoms with Crippen LogP contribution in [0.3, 0.4) is 0 Å². The minimum Gasteiger partial charge on any atom is -0.642 e. The molecule has 0 unspecified atom stereocenters. The Morgan fingerprint density at radius 2 is 0.889 bits per heavy atom. The number of rotatable bonds is 18. The molecule has 0 amide bonds. The molecule has 0 atom stereocenters. The minimum absolute atomic E-state index is 1.11. The summed E-state index contributed by atoms with van der Waals surface area (Å²) in [5, 5.41) is 2.58. The Morgan fingerprint density at radius 3 is 1.33 bits per heavy atom. The van der Waals surface area contributed by atoms with E-state index in [1.54, 1.807) is 0 Å². The fourth-order valence-corrected chi connectivity index (χ4v) is 7.69. The van der Waals surface area contributed by atoms with Gasteiger partial charge in [-0.15, -0.1) is 0 Å². The Bertz CT molecular complexity index is 880. The first-order valence-corrected chi connectivity index (χ1v) is 16.8. The molecule has 192 valence electrons. The summed E-state index contributed by atoms with van der Waals surface area (Å²) in [5.74, 6) is 1.11. The zero-order valence-electron chi connectivity index (χ0n) is 22.9. The molecule has 0 spiro atoms. The van der Waals surface area contributed by atoms with Crippen LogP contribution in [0.2, 0.25) is 10.6 Å². The molecular weight excluding hydrogens is 451 g/mol. The van der Waals surface area contributed by atoms with E-state index in [0.29, 0.717) is 0 Å². The van der Waals surface area contributed by atoms with Crippen LogP contribution in [0.1, 0.15) is 90.9 Å². The van der Waals surface area contributed by atoms with Gasteiger partial charge >= 0.3 is 14.5 Å². The van der Waals surface area contributed by atoms with E-state index in [-0.39, 0.29) is 0 Å². The second kappa shape index (κ2) is 17.4. The maximum absolute atomic E-state index is 7.18. The van der Waals surface area contributed by atoms with Gasteiger partial charge in [-0.1, -0.05) is 180 Å². The molecule has 0 N–H and O–H groups in total. The first-order valence-electron chi connectivity index (χ1n) is 14.7. The van der Waals surface area contributed by atoms with Crippen LogP contribution < -0.4 is 3.79 Å². The molecule has 0 aliphatic heterocycles. The fraction of sp³-hybridized carbons (Fsp3) is 0.471. The van der Waals surface area contributed by atoms with Crippen molar-refractivity contribution in [1.82, 2.24) is 0 Å². The topological polar surface area (TPSA) is 9.23 Å². The largest absolute Gasteiger partial charge is 0.642 e. The molecule has 0 aliphatic rings. The van der Waals surface area contributed by atoms with Gasteiger partial charge in [-0.2, -0.15) is 0 Å². The van der Waals surface area contributed by atoms with Gasteiger partial charge in [0.25, 0.3) is 0 Å². The minimum atomic E-state index is -1.38. The number of hydrogen-bond acceptors (Lipinski definition) is 1. The van der Waals surface area contributed by atoms with Crippen molar-refractivity contribution in [1.29, 1.82) is 0 Å². The average molecular weight is 499 g/mol. The molecule has 1 nitrogen and oxygen atoms in total. The van der Waals surface area contributed by atoms with Gasteiger partial charge in [-0.25, -0.2) is 0 Å². The molecule has 0 aromatic heterocycles. The molecule has 0 bridgehead atoms. The van der Waals surface area contributed by atoms with Gasteiger partial charge in [0.05, 0.1) is 5.75 Å². The van der Waals surface area contributed by atoms with Crippen molar-refractivity contribution in [3.8, 4) is 28.0 Å². The molecule has 0 heterocycles. The van der Waals surface area contributed by atoms with Crippen LogP contribution in [-0.2, 0) is 0 Å². The van der Waals surface area contributed by atoms with Crippen LogP contribution >= 0.6 is 0 Å². The van der Waals surface area contributed by atoms with E-state index in [0.717, 1.165) is 5.75 Å². The summed E-state index contributed by atoms with van der Waals surface area (Å²) in [6.45, 7) is 4.59. The van der Waals surface area contributed by atoms with E-state index in [2.05, 4.69) is 92.7 Å². The highest BCUT2D eigenvalue weighted by Gasteiger charge is 2.25. The lowest BCUT2D eigenvalue weighted by Gasteiger charge is -2.22. The van der Waals surface area contributed by atoms with E-state index < -0.39 is 14.5 Å². The Kier molecular flexibility index (Phi) is 13.8. The van der Waals surface area contributed by atoms with E-state index in [1.165, 1.54) is 110 Å². The SMILES string of the molecule is CCCCCCC[CH2][Al]([CH2]CCCCCCC)[O]c1c(-c2ccccc2)cccc1-c1ccccc1. The molecule has 0 saturated carbocycles. The van der Waals surface area contributed by atoms with E-state index in [1.807, 2.05) is 0 Å². The highest BCUT2D eigenvalue weighted by molar-refractivity contribution is 6.52. The van der Waals surface area contributed by atoms with Crippen molar-refractivity contribution in [3.05, 3.63) is 78.9 Å². The Morgan fingerprint density at radius 1 is 0.472 bits per heavy atom. The monoisotopic (exact) mass is 498 g/mol. The van der Waals surface area contributed by atoms with E-state index in [9.17, 15) is 0 Å². The van der Waals surface area contributed by atoms with Crippen molar-refractivity contribution >= 4 is 14.5 Å². The first kappa shape index (κ1) is 28.6. The summed E-state index contributed by atoms with van der Waals surface area (Å²) in [4.78, 5) is 0. The first-order chi connectivity index (χ1) is 17.8. The van der Waals surface area contributed by atoms with Gasteiger partial charge in [-0.05, 0) is 11.1 Å². The molecule has 3 rings (SSSR count). The van der Waals surface area contributed by atoms with Crippen LogP contribution in [0, 0.1) is 0 Å². The van der Waals surface area contributed by atoms with Crippen molar-refractivity contribution in [2.75, 3.05) is 0 Å². The number of para-hydroxylation sites is 1. The normalized spacial score (nSPS) is 10.9. The van der Waals surface area contributed by atoms with Crippen molar-refractivity contribution < 1.29 is 3.79 Å². The summed E-state index contributed by atoms with van der Waals surface area (Å²) in [6, 6.07) is 28.3. The van der Waals surface area contributed by atoms with E-state index >= 15 is 0 Å².